The molecule has 19 heavy (non-hydrogen) atoms. The Balaban J connectivity index is 2.14. The maximum Gasteiger partial charge on any atom is 0.237 e. The van der Waals surface area contributed by atoms with Crippen LogP contribution in [0.1, 0.15) is 23.5 Å². The maximum atomic E-state index is 12.0. The Morgan fingerprint density at radius 1 is 1.42 bits per heavy atom. The molecule has 5 nitrogen and oxygen atoms in total. The number of likely N-dealkylation sites (tertiary alicyclic amines) is 1. The monoisotopic (exact) mass is 253 g/mol. The maximum absolute atomic E-state index is 12.0. The third-order valence-corrected chi connectivity index (χ3v) is 3.60. The average molecular weight is 253 g/mol. The molecule has 2 aromatic rings. The predicted octanol–water partition coefficient (Wildman–Crippen LogP) is 1.51. The predicted molar refractivity (Wildman–Crippen MR) is 68.1 cm³/mol. The van der Waals surface area contributed by atoms with Crippen molar-refractivity contribution >= 4 is 22.7 Å². The lowest BCUT2D eigenvalue weighted by Gasteiger charge is -2.07. The third kappa shape index (κ3) is 1.61. The first-order valence-corrected chi connectivity index (χ1v) is 5.93. The number of H-pyrrole nitrogens is 1. The molecule has 0 spiro atoms. The number of hydrogen-bond donors (Lipinski definition) is 1. The molecule has 0 aliphatic carbocycles. The van der Waals surface area contributed by atoms with Gasteiger partial charge in [-0.15, -0.1) is 0 Å². The number of aromatic amines is 1. The van der Waals surface area contributed by atoms with E-state index in [1.165, 1.54) is 7.05 Å². The summed E-state index contributed by atoms with van der Waals surface area (Å²) in [6.45, 7) is 0. The summed E-state index contributed by atoms with van der Waals surface area (Å²) in [4.78, 5) is 27.9. The second-order valence-electron chi connectivity index (χ2n) is 4.66. The Morgan fingerprint density at radius 2 is 2.21 bits per heavy atom. The van der Waals surface area contributed by atoms with Gasteiger partial charge in [0.1, 0.15) is 0 Å². The lowest BCUT2D eigenvalue weighted by molar-refractivity contribution is -0.137. The van der Waals surface area contributed by atoms with Gasteiger partial charge in [-0.1, -0.05) is 0 Å². The second kappa shape index (κ2) is 3.95. The molecule has 2 amide bonds. The van der Waals surface area contributed by atoms with Crippen molar-refractivity contribution in [2.45, 2.75) is 12.3 Å². The molecule has 2 heterocycles. The molecule has 1 aromatic carbocycles. The van der Waals surface area contributed by atoms with E-state index in [0.29, 0.717) is 5.56 Å². The fraction of sp³-hybridized carbons (Fsp3) is 0.214. The van der Waals surface area contributed by atoms with E-state index < -0.39 is 5.92 Å². The number of rotatable bonds is 1. The summed E-state index contributed by atoms with van der Waals surface area (Å²) in [6.07, 6.45) is 1.94. The number of amides is 2. The molecule has 0 saturated carbocycles. The standard InChI is InChI=1S/C14H11N3O2/c1-17-13(18)5-10(14(17)19)11-7-16-12-3-2-8(6-15)4-9(11)12/h2-4,7,10,16H,5H2,1H3. The van der Waals surface area contributed by atoms with Gasteiger partial charge in [-0.2, -0.15) is 5.26 Å². The number of imide groups is 1. The van der Waals surface area contributed by atoms with Crippen LogP contribution in [0.4, 0.5) is 0 Å². The van der Waals surface area contributed by atoms with E-state index in [1.807, 2.05) is 6.07 Å². The van der Waals surface area contributed by atoms with E-state index in [9.17, 15) is 9.59 Å². The molecule has 5 heteroatoms. The highest BCUT2D eigenvalue weighted by molar-refractivity contribution is 6.07. The Morgan fingerprint density at radius 3 is 2.84 bits per heavy atom. The van der Waals surface area contributed by atoms with Crippen molar-refractivity contribution in [3.05, 3.63) is 35.5 Å². The van der Waals surface area contributed by atoms with Crippen LogP contribution >= 0.6 is 0 Å². The van der Waals surface area contributed by atoms with E-state index >= 15 is 0 Å². The Labute approximate surface area is 109 Å². The summed E-state index contributed by atoms with van der Waals surface area (Å²) in [5, 5.41) is 9.77. The zero-order valence-corrected chi connectivity index (χ0v) is 10.3. The minimum absolute atomic E-state index is 0.166. The van der Waals surface area contributed by atoms with Gasteiger partial charge in [-0.3, -0.25) is 14.5 Å². The van der Waals surface area contributed by atoms with E-state index in [4.69, 9.17) is 5.26 Å². The number of benzene rings is 1. The Kier molecular flexibility index (Phi) is 2.39. The van der Waals surface area contributed by atoms with Crippen molar-refractivity contribution in [3.8, 4) is 6.07 Å². The number of nitriles is 1. The second-order valence-corrected chi connectivity index (χ2v) is 4.66. The normalized spacial score (nSPS) is 19.2. The van der Waals surface area contributed by atoms with Gasteiger partial charge >= 0.3 is 0 Å². The number of nitrogens with zero attached hydrogens (tertiary/aromatic N) is 2. The minimum atomic E-state index is -0.444. The highest BCUT2D eigenvalue weighted by Gasteiger charge is 2.38. The number of fused-ring (bicyclic) bond motifs is 1. The molecule has 1 unspecified atom stereocenters. The number of carbonyl (C=O) groups is 2. The molecule has 1 fully saturated rings. The van der Waals surface area contributed by atoms with Crippen molar-refractivity contribution in [2.75, 3.05) is 7.05 Å². The van der Waals surface area contributed by atoms with Crippen LogP contribution in [-0.4, -0.2) is 28.7 Å². The van der Waals surface area contributed by atoms with Crippen molar-refractivity contribution in [1.82, 2.24) is 9.88 Å². The summed E-state index contributed by atoms with van der Waals surface area (Å²) in [6, 6.07) is 7.35. The van der Waals surface area contributed by atoms with Crippen LogP contribution in [0.2, 0.25) is 0 Å². The Bertz CT molecular complexity index is 739. The zero-order chi connectivity index (χ0) is 13.6. The van der Waals surface area contributed by atoms with E-state index in [1.54, 1.807) is 18.3 Å². The number of likely N-dealkylation sites (N-methyl/N-ethyl adjacent to an activating group) is 1. The molecule has 1 N–H and O–H groups in total. The lowest BCUT2D eigenvalue weighted by Crippen LogP contribution is -2.25. The van der Waals surface area contributed by atoms with Gasteiger partial charge in [0.25, 0.3) is 0 Å². The molecule has 0 bridgehead atoms. The Hall–Kier alpha value is -2.61. The summed E-state index contributed by atoms with van der Waals surface area (Å²) in [7, 11) is 1.50. The molecular weight excluding hydrogens is 242 g/mol. The fourth-order valence-corrected chi connectivity index (χ4v) is 2.50. The largest absolute Gasteiger partial charge is 0.361 e. The summed E-state index contributed by atoms with van der Waals surface area (Å²) in [5.41, 5.74) is 2.19. The van der Waals surface area contributed by atoms with E-state index in [-0.39, 0.29) is 18.2 Å². The smallest absolute Gasteiger partial charge is 0.237 e. The van der Waals surface area contributed by atoms with Gasteiger partial charge in [0.2, 0.25) is 11.8 Å². The summed E-state index contributed by atoms with van der Waals surface area (Å²) < 4.78 is 0. The SMILES string of the molecule is CN1C(=O)CC(c2c[nH]c3ccc(C#N)cc23)C1=O. The first-order chi connectivity index (χ1) is 9.11. The van der Waals surface area contributed by atoms with Gasteiger partial charge in [-0.05, 0) is 23.8 Å². The fourth-order valence-electron chi connectivity index (χ4n) is 2.50. The van der Waals surface area contributed by atoms with Crippen LogP contribution in [0.3, 0.4) is 0 Å². The van der Waals surface area contributed by atoms with Crippen molar-refractivity contribution in [1.29, 1.82) is 5.26 Å². The number of aromatic nitrogens is 1. The minimum Gasteiger partial charge on any atom is -0.361 e. The molecule has 94 valence electrons. The summed E-state index contributed by atoms with van der Waals surface area (Å²) in [5.74, 6) is -0.797. The van der Waals surface area contributed by atoms with Crippen LogP contribution in [0.5, 0.6) is 0 Å². The van der Waals surface area contributed by atoms with Gasteiger partial charge in [0, 0.05) is 30.6 Å². The molecular formula is C14H11N3O2. The molecule has 1 aromatic heterocycles. The highest BCUT2D eigenvalue weighted by atomic mass is 16.2. The summed E-state index contributed by atoms with van der Waals surface area (Å²) >= 11 is 0. The van der Waals surface area contributed by atoms with Crippen molar-refractivity contribution < 1.29 is 9.59 Å². The number of carbonyl (C=O) groups excluding carboxylic acids is 2. The van der Waals surface area contributed by atoms with Crippen LogP contribution in [0.25, 0.3) is 10.9 Å². The van der Waals surface area contributed by atoms with Crippen LogP contribution in [-0.2, 0) is 9.59 Å². The molecule has 1 aliphatic rings. The lowest BCUT2D eigenvalue weighted by atomic mass is 9.96. The van der Waals surface area contributed by atoms with Crippen molar-refractivity contribution in [3.63, 3.8) is 0 Å². The molecule has 1 aliphatic heterocycles. The molecule has 3 rings (SSSR count). The van der Waals surface area contributed by atoms with Crippen LogP contribution < -0.4 is 0 Å². The van der Waals surface area contributed by atoms with Gasteiger partial charge < -0.3 is 4.98 Å². The highest BCUT2D eigenvalue weighted by Crippen LogP contribution is 2.33. The third-order valence-electron chi connectivity index (χ3n) is 3.60. The first kappa shape index (κ1) is 11.5. The first-order valence-electron chi connectivity index (χ1n) is 5.93. The topological polar surface area (TPSA) is 77.0 Å². The van der Waals surface area contributed by atoms with Crippen molar-refractivity contribution in [2.24, 2.45) is 0 Å². The molecule has 1 atom stereocenters. The van der Waals surface area contributed by atoms with Gasteiger partial charge in [0.15, 0.2) is 0 Å². The number of hydrogen-bond acceptors (Lipinski definition) is 3. The van der Waals surface area contributed by atoms with Gasteiger partial charge in [0.05, 0.1) is 17.6 Å². The van der Waals surface area contributed by atoms with Crippen LogP contribution in [0.15, 0.2) is 24.4 Å². The molecule has 0 radical (unpaired) electrons. The zero-order valence-electron chi connectivity index (χ0n) is 10.3. The van der Waals surface area contributed by atoms with E-state index in [0.717, 1.165) is 21.4 Å². The van der Waals surface area contributed by atoms with Gasteiger partial charge in [-0.25, -0.2) is 0 Å². The van der Waals surface area contributed by atoms with E-state index in [2.05, 4.69) is 11.1 Å². The number of nitrogens with one attached hydrogen (secondary N) is 1. The molecule has 1 saturated heterocycles. The average Bonchev–Trinajstić information content (AvgIpc) is 2.94. The van der Waals surface area contributed by atoms with Crippen LogP contribution in [0, 0.1) is 11.3 Å². The quantitative estimate of drug-likeness (QED) is 0.782.